The third-order valence-electron chi connectivity index (χ3n) is 2.68. The van der Waals surface area contributed by atoms with Crippen LogP contribution in [0, 0.1) is 12.7 Å². The topological polar surface area (TPSA) is 21.3 Å². The van der Waals surface area contributed by atoms with Gasteiger partial charge >= 0.3 is 0 Å². The summed E-state index contributed by atoms with van der Waals surface area (Å²) < 4.78 is 18.8. The molecule has 16 heavy (non-hydrogen) atoms. The van der Waals surface area contributed by atoms with Crippen LogP contribution in [0.1, 0.15) is 37.4 Å². The predicted octanol–water partition coefficient (Wildman–Crippen LogP) is 3.20. The lowest BCUT2D eigenvalue weighted by atomic mass is 10.0. The van der Waals surface area contributed by atoms with Crippen LogP contribution in [0.3, 0.4) is 0 Å². The minimum Gasteiger partial charge on any atom is -0.496 e. The third-order valence-corrected chi connectivity index (χ3v) is 2.68. The fourth-order valence-corrected chi connectivity index (χ4v) is 1.66. The van der Waals surface area contributed by atoms with E-state index >= 15 is 0 Å². The molecule has 1 rings (SSSR count). The minimum absolute atomic E-state index is 0.102. The van der Waals surface area contributed by atoms with Gasteiger partial charge in [-0.2, -0.15) is 0 Å². The first kappa shape index (κ1) is 13.0. The van der Waals surface area contributed by atoms with Crippen LogP contribution in [-0.2, 0) is 0 Å². The summed E-state index contributed by atoms with van der Waals surface area (Å²) in [5.74, 6) is 0.566. The summed E-state index contributed by atoms with van der Waals surface area (Å²) in [6.07, 6.45) is 1.06. The van der Waals surface area contributed by atoms with Crippen LogP contribution in [0.15, 0.2) is 12.1 Å². The molecule has 1 unspecified atom stereocenters. The highest BCUT2D eigenvalue weighted by molar-refractivity contribution is 5.39. The van der Waals surface area contributed by atoms with Gasteiger partial charge in [-0.15, -0.1) is 0 Å². The Morgan fingerprint density at radius 2 is 2.12 bits per heavy atom. The second kappa shape index (κ2) is 5.85. The summed E-state index contributed by atoms with van der Waals surface area (Å²) in [4.78, 5) is 0. The third kappa shape index (κ3) is 2.95. The number of nitrogens with one attached hydrogen (secondary N) is 1. The molecule has 1 aromatic carbocycles. The van der Waals surface area contributed by atoms with Crippen molar-refractivity contribution in [1.82, 2.24) is 5.32 Å². The van der Waals surface area contributed by atoms with Crippen molar-refractivity contribution < 1.29 is 9.13 Å². The van der Waals surface area contributed by atoms with E-state index in [0.717, 1.165) is 24.3 Å². The molecule has 3 heteroatoms. The van der Waals surface area contributed by atoms with Crippen molar-refractivity contribution in [3.63, 3.8) is 0 Å². The van der Waals surface area contributed by atoms with Gasteiger partial charge in [0.1, 0.15) is 11.6 Å². The van der Waals surface area contributed by atoms with Gasteiger partial charge in [-0.25, -0.2) is 4.39 Å². The van der Waals surface area contributed by atoms with Crippen molar-refractivity contribution in [2.45, 2.75) is 33.2 Å². The molecule has 1 N–H and O–H groups in total. The molecule has 90 valence electrons. The summed E-state index contributed by atoms with van der Waals surface area (Å²) >= 11 is 0. The van der Waals surface area contributed by atoms with Crippen LogP contribution in [0.25, 0.3) is 0 Å². The number of benzene rings is 1. The smallest absolute Gasteiger partial charge is 0.126 e. The molecular formula is C13H20FNO. The van der Waals surface area contributed by atoms with Gasteiger partial charge in [0.2, 0.25) is 0 Å². The average Bonchev–Trinajstić information content (AvgIpc) is 2.28. The molecule has 0 bridgehead atoms. The number of methoxy groups -OCH3 is 1. The van der Waals surface area contributed by atoms with Crippen LogP contribution < -0.4 is 10.1 Å². The molecule has 1 atom stereocenters. The SMILES string of the molecule is CCCNC(C)c1cc(F)c(C)cc1OC. The van der Waals surface area contributed by atoms with E-state index in [1.165, 1.54) is 0 Å². The first-order chi connectivity index (χ1) is 7.60. The molecule has 0 aliphatic carbocycles. The van der Waals surface area contributed by atoms with E-state index in [9.17, 15) is 4.39 Å². The van der Waals surface area contributed by atoms with Crippen molar-refractivity contribution in [2.75, 3.05) is 13.7 Å². The number of aryl methyl sites for hydroxylation is 1. The molecule has 0 amide bonds. The average molecular weight is 225 g/mol. The van der Waals surface area contributed by atoms with E-state index in [0.29, 0.717) is 5.56 Å². The van der Waals surface area contributed by atoms with Gasteiger partial charge in [0.15, 0.2) is 0 Å². The Labute approximate surface area is 96.8 Å². The van der Waals surface area contributed by atoms with E-state index in [-0.39, 0.29) is 11.9 Å². The van der Waals surface area contributed by atoms with Gasteiger partial charge < -0.3 is 10.1 Å². The van der Waals surface area contributed by atoms with Crippen LogP contribution >= 0.6 is 0 Å². The fraction of sp³-hybridized carbons (Fsp3) is 0.538. The molecule has 0 radical (unpaired) electrons. The maximum Gasteiger partial charge on any atom is 0.126 e. The summed E-state index contributed by atoms with van der Waals surface area (Å²) in [7, 11) is 1.61. The Balaban J connectivity index is 2.96. The molecule has 0 fully saturated rings. The Morgan fingerprint density at radius 3 is 2.69 bits per heavy atom. The number of hydrogen-bond donors (Lipinski definition) is 1. The summed E-state index contributed by atoms with van der Waals surface area (Å²) in [5.41, 5.74) is 1.49. The lowest BCUT2D eigenvalue weighted by Gasteiger charge is -2.17. The maximum atomic E-state index is 13.5. The maximum absolute atomic E-state index is 13.5. The molecule has 0 aliphatic rings. The van der Waals surface area contributed by atoms with Crippen LogP contribution in [0.4, 0.5) is 4.39 Å². The second-order valence-corrected chi connectivity index (χ2v) is 4.02. The lowest BCUT2D eigenvalue weighted by molar-refractivity contribution is 0.399. The molecule has 0 aliphatic heterocycles. The first-order valence-electron chi connectivity index (χ1n) is 5.67. The fourth-order valence-electron chi connectivity index (χ4n) is 1.66. The van der Waals surface area contributed by atoms with Gasteiger partial charge in [0.25, 0.3) is 0 Å². The van der Waals surface area contributed by atoms with Crippen LogP contribution in [-0.4, -0.2) is 13.7 Å². The van der Waals surface area contributed by atoms with Crippen molar-refractivity contribution >= 4 is 0 Å². The lowest BCUT2D eigenvalue weighted by Crippen LogP contribution is -2.20. The molecule has 0 spiro atoms. The van der Waals surface area contributed by atoms with E-state index in [1.54, 1.807) is 26.2 Å². The number of ether oxygens (including phenoxy) is 1. The highest BCUT2D eigenvalue weighted by Crippen LogP contribution is 2.27. The van der Waals surface area contributed by atoms with Crippen LogP contribution in [0.5, 0.6) is 5.75 Å². The molecule has 2 nitrogen and oxygen atoms in total. The van der Waals surface area contributed by atoms with Crippen molar-refractivity contribution in [3.8, 4) is 5.75 Å². The summed E-state index contributed by atoms with van der Waals surface area (Å²) in [6, 6.07) is 3.40. The van der Waals surface area contributed by atoms with E-state index in [2.05, 4.69) is 12.2 Å². The Morgan fingerprint density at radius 1 is 1.44 bits per heavy atom. The Hall–Kier alpha value is -1.09. The molecule has 0 heterocycles. The van der Waals surface area contributed by atoms with Gasteiger partial charge in [0.05, 0.1) is 7.11 Å². The van der Waals surface area contributed by atoms with Gasteiger partial charge in [-0.05, 0) is 44.5 Å². The van der Waals surface area contributed by atoms with Crippen molar-refractivity contribution in [3.05, 3.63) is 29.1 Å². The summed E-state index contributed by atoms with van der Waals surface area (Å²) in [5, 5.41) is 3.32. The zero-order valence-electron chi connectivity index (χ0n) is 10.4. The zero-order chi connectivity index (χ0) is 12.1. The minimum atomic E-state index is -0.180. The highest BCUT2D eigenvalue weighted by Gasteiger charge is 2.13. The quantitative estimate of drug-likeness (QED) is 0.830. The highest BCUT2D eigenvalue weighted by atomic mass is 19.1. The van der Waals surface area contributed by atoms with Crippen molar-refractivity contribution in [2.24, 2.45) is 0 Å². The van der Waals surface area contributed by atoms with Gasteiger partial charge in [-0.1, -0.05) is 6.92 Å². The summed E-state index contributed by atoms with van der Waals surface area (Å²) in [6.45, 7) is 6.78. The Bertz CT molecular complexity index is 352. The molecule has 0 saturated heterocycles. The number of rotatable bonds is 5. The largest absolute Gasteiger partial charge is 0.496 e. The van der Waals surface area contributed by atoms with E-state index in [4.69, 9.17) is 4.74 Å². The van der Waals surface area contributed by atoms with E-state index in [1.807, 2.05) is 6.92 Å². The predicted molar refractivity (Wildman–Crippen MR) is 64.4 cm³/mol. The monoisotopic (exact) mass is 225 g/mol. The Kier molecular flexibility index (Phi) is 4.74. The number of hydrogen-bond acceptors (Lipinski definition) is 2. The number of halogens is 1. The van der Waals surface area contributed by atoms with Gasteiger partial charge in [-0.3, -0.25) is 0 Å². The second-order valence-electron chi connectivity index (χ2n) is 4.02. The van der Waals surface area contributed by atoms with Gasteiger partial charge in [0, 0.05) is 11.6 Å². The van der Waals surface area contributed by atoms with Crippen molar-refractivity contribution in [1.29, 1.82) is 0 Å². The standard InChI is InChI=1S/C13H20FNO/c1-5-6-15-10(3)11-8-12(14)9(2)7-13(11)16-4/h7-8,10,15H,5-6H2,1-4H3. The molecule has 1 aromatic rings. The normalized spacial score (nSPS) is 12.6. The zero-order valence-corrected chi connectivity index (χ0v) is 10.4. The van der Waals surface area contributed by atoms with E-state index < -0.39 is 0 Å². The molecule has 0 saturated carbocycles. The first-order valence-corrected chi connectivity index (χ1v) is 5.67. The molecule has 0 aromatic heterocycles. The van der Waals surface area contributed by atoms with Crippen LogP contribution in [0.2, 0.25) is 0 Å². The molecular weight excluding hydrogens is 205 g/mol.